The standard InChI is InChI=1S/C40H44N4O4/c1-8-10-11-15-36(45)47-23-22-44(9-2)33-20-17-29(18-21-33)16-19-31-25-39(3,4)24-30(37(31)46-7)13-12-14-35-34(28-43)38(32(26-41)27-42)48-40(35,5)6/h1,12-14,16-21H,9-11,15,22-25H2,2-7H3/b14-12+,19-16+,30-13+. The summed E-state index contributed by atoms with van der Waals surface area (Å²) >= 11 is 0. The number of anilines is 1. The maximum absolute atomic E-state index is 11.9. The zero-order valence-electron chi connectivity index (χ0n) is 28.9. The number of nitrogens with zero attached hydrogens (tertiary/aromatic N) is 4. The number of esters is 1. The maximum atomic E-state index is 11.9. The highest BCUT2D eigenvalue weighted by atomic mass is 16.5. The van der Waals surface area contributed by atoms with Gasteiger partial charge in [0, 0.05) is 30.6 Å². The fourth-order valence-electron chi connectivity index (χ4n) is 5.87. The molecule has 0 radical (unpaired) electrons. The molecule has 1 aliphatic heterocycles. The minimum Gasteiger partial charge on any atom is -0.496 e. The van der Waals surface area contributed by atoms with E-state index in [4.69, 9.17) is 20.6 Å². The first-order valence-electron chi connectivity index (χ1n) is 16.1. The van der Waals surface area contributed by atoms with E-state index in [0.29, 0.717) is 38.0 Å². The number of allylic oxidation sites excluding steroid dienone is 7. The van der Waals surface area contributed by atoms with E-state index in [9.17, 15) is 20.6 Å². The molecular formula is C40H44N4O4. The number of benzene rings is 1. The first-order valence-corrected chi connectivity index (χ1v) is 16.1. The van der Waals surface area contributed by atoms with E-state index in [1.807, 2.05) is 30.4 Å². The Labute approximate surface area is 285 Å². The third kappa shape index (κ3) is 9.54. The molecule has 1 aliphatic carbocycles. The quantitative estimate of drug-likeness (QED) is 0.0917. The smallest absolute Gasteiger partial charge is 0.305 e. The SMILES string of the molecule is C#CCCCC(=O)OCCN(CC)c1ccc(/C=C/C2=C(OC)C(=C/C=C/C3=C(C#N)C(=C(C#N)C#N)OC3(C)C)/CC(C)(C)C2)cc1. The van der Waals surface area contributed by atoms with Crippen LogP contribution in [0.25, 0.3) is 6.08 Å². The van der Waals surface area contributed by atoms with E-state index in [1.165, 1.54) is 0 Å². The highest BCUT2D eigenvalue weighted by Crippen LogP contribution is 2.43. The molecule has 0 unspecified atom stereocenters. The van der Waals surface area contributed by atoms with Crippen LogP contribution in [0.1, 0.15) is 72.3 Å². The molecule has 0 spiro atoms. The monoisotopic (exact) mass is 644 g/mol. The first kappa shape index (κ1) is 37.0. The number of ether oxygens (including phenoxy) is 3. The molecule has 0 amide bonds. The molecule has 0 N–H and O–H groups in total. The summed E-state index contributed by atoms with van der Waals surface area (Å²) in [5.41, 5.74) is 3.86. The highest BCUT2D eigenvalue weighted by molar-refractivity contribution is 5.69. The summed E-state index contributed by atoms with van der Waals surface area (Å²) in [6, 6.07) is 14.0. The number of rotatable bonds is 13. The van der Waals surface area contributed by atoms with Crippen LogP contribution in [-0.4, -0.2) is 38.4 Å². The van der Waals surface area contributed by atoms with Gasteiger partial charge in [0.15, 0.2) is 11.3 Å². The number of likely N-dealkylation sites (N-methyl/N-ethyl adjacent to an activating group) is 1. The minimum absolute atomic E-state index is 0.0190. The molecule has 1 heterocycles. The van der Waals surface area contributed by atoms with Crippen molar-refractivity contribution in [2.24, 2.45) is 5.41 Å². The maximum Gasteiger partial charge on any atom is 0.305 e. The number of hydrogen-bond donors (Lipinski definition) is 0. The summed E-state index contributed by atoms with van der Waals surface area (Å²) in [7, 11) is 1.68. The van der Waals surface area contributed by atoms with Crippen molar-refractivity contribution in [1.29, 1.82) is 15.8 Å². The van der Waals surface area contributed by atoms with Crippen molar-refractivity contribution in [3.63, 3.8) is 0 Å². The Bertz CT molecular complexity index is 1710. The Morgan fingerprint density at radius 2 is 1.77 bits per heavy atom. The Hall–Kier alpha value is -5.44. The lowest BCUT2D eigenvalue weighted by Crippen LogP contribution is -2.27. The number of nitriles is 3. The fourth-order valence-corrected chi connectivity index (χ4v) is 5.87. The number of carbonyl (C=O) groups is 1. The molecule has 0 aromatic heterocycles. The van der Waals surface area contributed by atoms with Crippen LogP contribution in [0.2, 0.25) is 0 Å². The van der Waals surface area contributed by atoms with E-state index >= 15 is 0 Å². The number of unbranched alkanes of at least 4 members (excludes halogenated alkanes) is 1. The largest absolute Gasteiger partial charge is 0.496 e. The van der Waals surface area contributed by atoms with Gasteiger partial charge in [-0.25, -0.2) is 0 Å². The second-order valence-corrected chi connectivity index (χ2v) is 12.9. The van der Waals surface area contributed by atoms with Gasteiger partial charge in [0.05, 0.1) is 13.7 Å². The average Bonchev–Trinajstić information content (AvgIpc) is 3.31. The van der Waals surface area contributed by atoms with Crippen molar-refractivity contribution in [2.75, 3.05) is 31.7 Å². The predicted octanol–water partition coefficient (Wildman–Crippen LogP) is 8.01. The van der Waals surface area contributed by atoms with Crippen molar-refractivity contribution in [2.45, 2.75) is 72.3 Å². The molecule has 0 saturated carbocycles. The van der Waals surface area contributed by atoms with Gasteiger partial charge >= 0.3 is 5.97 Å². The van der Waals surface area contributed by atoms with E-state index in [1.54, 1.807) is 21.0 Å². The van der Waals surface area contributed by atoms with Crippen LogP contribution < -0.4 is 4.90 Å². The van der Waals surface area contributed by atoms with Gasteiger partial charge in [0.1, 0.15) is 41.7 Å². The lowest BCUT2D eigenvalue weighted by molar-refractivity contribution is -0.143. The molecule has 0 saturated heterocycles. The Kier molecular flexibility index (Phi) is 13.1. The van der Waals surface area contributed by atoms with E-state index in [0.717, 1.165) is 47.5 Å². The number of carbonyl (C=O) groups excluding carboxylic acids is 1. The molecule has 0 fully saturated rings. The molecule has 1 aromatic rings. The van der Waals surface area contributed by atoms with Crippen LogP contribution >= 0.6 is 0 Å². The zero-order valence-corrected chi connectivity index (χ0v) is 28.9. The van der Waals surface area contributed by atoms with Gasteiger partial charge in [-0.2, -0.15) is 15.8 Å². The lowest BCUT2D eigenvalue weighted by Gasteiger charge is -2.33. The molecule has 248 valence electrons. The van der Waals surface area contributed by atoms with Crippen LogP contribution in [-0.2, 0) is 19.0 Å². The summed E-state index contributed by atoms with van der Waals surface area (Å²) < 4.78 is 17.2. The number of hydrogen-bond acceptors (Lipinski definition) is 8. The summed E-state index contributed by atoms with van der Waals surface area (Å²) in [6.07, 6.45) is 18.3. The third-order valence-corrected chi connectivity index (χ3v) is 8.19. The van der Waals surface area contributed by atoms with Crippen LogP contribution in [0.15, 0.2) is 88.0 Å². The second kappa shape index (κ2) is 16.9. The molecule has 2 aliphatic rings. The topological polar surface area (TPSA) is 119 Å². The van der Waals surface area contributed by atoms with Crippen molar-refractivity contribution < 1.29 is 19.0 Å². The second-order valence-electron chi connectivity index (χ2n) is 12.9. The highest BCUT2D eigenvalue weighted by Gasteiger charge is 2.38. The van der Waals surface area contributed by atoms with Crippen molar-refractivity contribution in [1.82, 2.24) is 0 Å². The molecule has 0 atom stereocenters. The molecule has 3 rings (SSSR count). The van der Waals surface area contributed by atoms with Crippen LogP contribution in [0.4, 0.5) is 5.69 Å². The predicted molar refractivity (Wildman–Crippen MR) is 187 cm³/mol. The first-order chi connectivity index (χ1) is 22.9. The van der Waals surface area contributed by atoms with Gasteiger partial charge in [-0.15, -0.1) is 12.3 Å². The van der Waals surface area contributed by atoms with Gasteiger partial charge < -0.3 is 19.1 Å². The lowest BCUT2D eigenvalue weighted by atomic mass is 9.74. The van der Waals surface area contributed by atoms with Crippen LogP contribution in [0, 0.1) is 51.8 Å². The molecule has 8 heteroatoms. The third-order valence-electron chi connectivity index (χ3n) is 8.19. The molecule has 0 bridgehead atoms. The van der Waals surface area contributed by atoms with Crippen molar-refractivity contribution >= 4 is 17.7 Å². The van der Waals surface area contributed by atoms with Crippen LogP contribution in [0.3, 0.4) is 0 Å². The molecule has 1 aromatic carbocycles. The van der Waals surface area contributed by atoms with Gasteiger partial charge in [0.25, 0.3) is 0 Å². The van der Waals surface area contributed by atoms with Crippen LogP contribution in [0.5, 0.6) is 0 Å². The molecular weight excluding hydrogens is 600 g/mol. The Morgan fingerprint density at radius 3 is 2.38 bits per heavy atom. The molecule has 8 nitrogen and oxygen atoms in total. The Morgan fingerprint density at radius 1 is 1.06 bits per heavy atom. The van der Waals surface area contributed by atoms with E-state index in [-0.39, 0.29) is 28.3 Å². The van der Waals surface area contributed by atoms with Gasteiger partial charge in [0.2, 0.25) is 0 Å². The van der Waals surface area contributed by atoms with Gasteiger partial charge in [-0.05, 0) is 74.3 Å². The molecule has 48 heavy (non-hydrogen) atoms. The fraction of sp³-hybridized carbons (Fsp3) is 0.400. The Balaban J connectivity index is 1.81. The van der Waals surface area contributed by atoms with E-state index < -0.39 is 5.60 Å². The normalized spacial score (nSPS) is 17.5. The van der Waals surface area contributed by atoms with Crippen molar-refractivity contribution in [3.8, 4) is 30.6 Å². The summed E-state index contributed by atoms with van der Waals surface area (Å²) in [6.45, 7) is 11.8. The summed E-state index contributed by atoms with van der Waals surface area (Å²) in [5.74, 6) is 3.15. The minimum atomic E-state index is -0.882. The number of methoxy groups -OCH3 is 1. The average molecular weight is 645 g/mol. The zero-order chi connectivity index (χ0) is 35.3. The van der Waals surface area contributed by atoms with Gasteiger partial charge in [-0.1, -0.05) is 56.4 Å². The number of terminal acetylenes is 1. The summed E-state index contributed by atoms with van der Waals surface area (Å²) in [5, 5.41) is 28.6. The van der Waals surface area contributed by atoms with Gasteiger partial charge in [-0.3, -0.25) is 4.79 Å². The summed E-state index contributed by atoms with van der Waals surface area (Å²) in [4.78, 5) is 14.1. The van der Waals surface area contributed by atoms with Crippen molar-refractivity contribution in [3.05, 3.63) is 93.5 Å². The van der Waals surface area contributed by atoms with E-state index in [2.05, 4.69) is 74.1 Å².